The van der Waals surface area contributed by atoms with Crippen LogP contribution < -0.4 is 5.32 Å². The van der Waals surface area contributed by atoms with E-state index >= 15 is 0 Å². The molecular weight excluding hydrogens is 739 g/mol. The van der Waals surface area contributed by atoms with Crippen LogP contribution in [-0.2, 0) is 14.3 Å². The predicted octanol–water partition coefficient (Wildman–Crippen LogP) is 7.61. The van der Waals surface area contributed by atoms with Gasteiger partial charge >= 0.3 is 0 Å². The highest BCUT2D eigenvalue weighted by Gasteiger charge is 2.44. The minimum atomic E-state index is -1.67. The van der Waals surface area contributed by atoms with Gasteiger partial charge in [0.2, 0.25) is 5.91 Å². The molecule has 1 fully saturated rings. The molecule has 0 bridgehead atoms. The predicted molar refractivity (Wildman–Crippen MR) is 233 cm³/mol. The molecule has 8 N–H and O–H groups in total. The topological polar surface area (TPSA) is 189 Å². The first-order valence-corrected chi connectivity index (χ1v) is 23.4. The van der Waals surface area contributed by atoms with Gasteiger partial charge in [-0.3, -0.25) is 4.79 Å². The van der Waals surface area contributed by atoms with Gasteiger partial charge in [-0.2, -0.15) is 0 Å². The van der Waals surface area contributed by atoms with E-state index in [-0.39, 0.29) is 12.8 Å². The second kappa shape index (κ2) is 37.1. The van der Waals surface area contributed by atoms with Gasteiger partial charge in [0.15, 0.2) is 6.29 Å². The number of carbonyl (C=O) groups excluding carboxylic acids is 1. The lowest BCUT2D eigenvalue weighted by atomic mass is 9.98. The van der Waals surface area contributed by atoms with Gasteiger partial charge in [-0.1, -0.05) is 159 Å². The summed E-state index contributed by atoms with van der Waals surface area (Å²) in [5, 5.41) is 75.6. The molecule has 0 saturated carbocycles. The van der Waals surface area contributed by atoms with Gasteiger partial charge in [-0.25, -0.2) is 0 Å². The molecule has 1 aliphatic rings. The van der Waals surface area contributed by atoms with E-state index in [4.69, 9.17) is 9.47 Å². The number of amides is 1. The second-order valence-electron chi connectivity index (χ2n) is 16.5. The molecule has 58 heavy (non-hydrogen) atoms. The molecule has 11 nitrogen and oxygen atoms in total. The van der Waals surface area contributed by atoms with E-state index in [9.17, 15) is 40.5 Å². The van der Waals surface area contributed by atoms with E-state index in [2.05, 4.69) is 55.6 Å². The number of hydrogen-bond donors (Lipinski definition) is 8. The van der Waals surface area contributed by atoms with Crippen molar-refractivity contribution in [3.05, 3.63) is 36.5 Å². The fraction of sp³-hybridized carbons (Fsp3) is 0.851. The summed E-state index contributed by atoms with van der Waals surface area (Å²) in [4.78, 5) is 13.1. The van der Waals surface area contributed by atoms with Crippen LogP contribution in [0.25, 0.3) is 0 Å². The Morgan fingerprint density at radius 1 is 0.586 bits per heavy atom. The summed E-state index contributed by atoms with van der Waals surface area (Å²) >= 11 is 0. The summed E-state index contributed by atoms with van der Waals surface area (Å²) in [7, 11) is 0. The van der Waals surface area contributed by atoms with E-state index in [0.717, 1.165) is 44.9 Å². The quantitative estimate of drug-likeness (QED) is 0.0227. The third-order valence-corrected chi connectivity index (χ3v) is 11.2. The third kappa shape index (κ3) is 26.5. The first-order chi connectivity index (χ1) is 28.2. The Morgan fingerprint density at radius 2 is 1.03 bits per heavy atom. The van der Waals surface area contributed by atoms with Crippen molar-refractivity contribution in [1.82, 2.24) is 5.32 Å². The molecule has 9 atom stereocenters. The van der Waals surface area contributed by atoms with Crippen molar-refractivity contribution in [3.63, 3.8) is 0 Å². The molecule has 0 radical (unpaired) electrons. The molecule has 11 heteroatoms. The van der Waals surface area contributed by atoms with Gasteiger partial charge in [0.1, 0.15) is 36.6 Å². The first-order valence-electron chi connectivity index (χ1n) is 23.4. The Labute approximate surface area is 352 Å². The number of nitrogens with one attached hydrogen (secondary N) is 1. The largest absolute Gasteiger partial charge is 0.394 e. The number of unbranched alkanes of at least 4 members (excludes halogenated alkanes) is 20. The minimum absolute atomic E-state index is 0.242. The zero-order chi connectivity index (χ0) is 42.6. The SMILES string of the molecule is CCCCCCC/C=C/CC/C=C/CC/C=C/CCCC(O)C(O)C(COC1OC(CO)C(O)C(O)C1O)NC(=O)C(O)CCCCCCCCCCCCCCC. The molecule has 0 aromatic heterocycles. The number of aliphatic hydroxyl groups excluding tert-OH is 7. The van der Waals surface area contributed by atoms with E-state index in [0.29, 0.717) is 19.3 Å². The molecule has 340 valence electrons. The summed E-state index contributed by atoms with van der Waals surface area (Å²) in [6.07, 6.45) is 30.5. The Kier molecular flexibility index (Phi) is 34.8. The number of ether oxygens (including phenoxy) is 2. The highest BCUT2D eigenvalue weighted by atomic mass is 16.7. The van der Waals surface area contributed by atoms with Crippen LogP contribution >= 0.6 is 0 Å². The number of allylic oxidation sites excluding steroid dienone is 6. The Bertz CT molecular complexity index is 1040. The average Bonchev–Trinajstić information content (AvgIpc) is 3.22. The van der Waals surface area contributed by atoms with Crippen LogP contribution in [-0.4, -0.2) is 110 Å². The van der Waals surface area contributed by atoms with Crippen LogP contribution in [0.15, 0.2) is 36.5 Å². The number of rotatable bonds is 38. The van der Waals surface area contributed by atoms with Crippen molar-refractivity contribution >= 4 is 5.91 Å². The maximum Gasteiger partial charge on any atom is 0.249 e. The van der Waals surface area contributed by atoms with Gasteiger partial charge in [0.25, 0.3) is 0 Å². The molecule has 9 unspecified atom stereocenters. The zero-order valence-corrected chi connectivity index (χ0v) is 36.5. The lowest BCUT2D eigenvalue weighted by molar-refractivity contribution is -0.303. The molecule has 1 rings (SSSR count). The van der Waals surface area contributed by atoms with Crippen molar-refractivity contribution < 1.29 is 50.0 Å². The molecule has 1 saturated heterocycles. The summed E-state index contributed by atoms with van der Waals surface area (Å²) in [5.74, 6) is -0.714. The van der Waals surface area contributed by atoms with Gasteiger partial charge in [0, 0.05) is 0 Å². The van der Waals surface area contributed by atoms with Crippen molar-refractivity contribution in [2.45, 2.75) is 242 Å². The fourth-order valence-electron chi connectivity index (χ4n) is 7.24. The summed E-state index contributed by atoms with van der Waals surface area (Å²) < 4.78 is 11.1. The van der Waals surface area contributed by atoms with Crippen molar-refractivity contribution in [2.24, 2.45) is 0 Å². The van der Waals surface area contributed by atoms with Crippen molar-refractivity contribution in [2.75, 3.05) is 13.2 Å². The molecular formula is C47H87NO10. The number of aliphatic hydroxyl groups is 7. The van der Waals surface area contributed by atoms with E-state index in [1.807, 2.05) is 0 Å². The lowest BCUT2D eigenvalue weighted by Crippen LogP contribution is -2.60. The van der Waals surface area contributed by atoms with E-state index in [1.165, 1.54) is 96.3 Å². The number of hydrogen-bond acceptors (Lipinski definition) is 10. The number of carbonyl (C=O) groups is 1. The second-order valence-corrected chi connectivity index (χ2v) is 16.5. The van der Waals surface area contributed by atoms with Gasteiger partial charge in [-0.15, -0.1) is 0 Å². The highest BCUT2D eigenvalue weighted by molar-refractivity contribution is 5.80. The molecule has 1 aliphatic heterocycles. The van der Waals surface area contributed by atoms with Crippen LogP contribution in [0.1, 0.15) is 187 Å². The summed E-state index contributed by atoms with van der Waals surface area (Å²) in [6, 6.07) is -1.19. The van der Waals surface area contributed by atoms with Crippen molar-refractivity contribution in [3.8, 4) is 0 Å². The fourth-order valence-corrected chi connectivity index (χ4v) is 7.24. The normalized spacial score (nSPS) is 22.3. The summed E-state index contributed by atoms with van der Waals surface area (Å²) in [5.41, 5.74) is 0. The first kappa shape index (κ1) is 54.3. The van der Waals surface area contributed by atoms with Crippen LogP contribution in [0.4, 0.5) is 0 Å². The molecule has 0 aromatic rings. The Hall–Kier alpha value is -1.67. The highest BCUT2D eigenvalue weighted by Crippen LogP contribution is 2.23. The zero-order valence-electron chi connectivity index (χ0n) is 36.5. The maximum atomic E-state index is 13.1. The van der Waals surface area contributed by atoms with Crippen molar-refractivity contribution in [1.29, 1.82) is 0 Å². The van der Waals surface area contributed by atoms with Crippen LogP contribution in [0.5, 0.6) is 0 Å². The Balaban J connectivity index is 2.50. The minimum Gasteiger partial charge on any atom is -0.394 e. The molecule has 0 spiro atoms. The lowest BCUT2D eigenvalue weighted by Gasteiger charge is -2.40. The van der Waals surface area contributed by atoms with E-state index in [1.54, 1.807) is 0 Å². The molecule has 0 aliphatic carbocycles. The Morgan fingerprint density at radius 3 is 1.53 bits per heavy atom. The van der Waals surface area contributed by atoms with E-state index < -0.39 is 74.2 Å². The molecule has 1 amide bonds. The summed E-state index contributed by atoms with van der Waals surface area (Å²) in [6.45, 7) is 3.39. The smallest absolute Gasteiger partial charge is 0.249 e. The van der Waals surface area contributed by atoms with Crippen LogP contribution in [0, 0.1) is 0 Å². The van der Waals surface area contributed by atoms with Crippen LogP contribution in [0.2, 0.25) is 0 Å². The average molecular weight is 826 g/mol. The molecule has 0 aromatic carbocycles. The third-order valence-electron chi connectivity index (χ3n) is 11.2. The molecule has 1 heterocycles. The van der Waals surface area contributed by atoms with Gasteiger partial charge in [0.05, 0.1) is 25.4 Å². The monoisotopic (exact) mass is 826 g/mol. The maximum absolute atomic E-state index is 13.1. The standard InChI is InChI=1S/C47H87NO10/c1-3-5-7-9-11-13-15-17-18-19-20-21-23-24-26-28-30-32-34-39(50)42(52)38(37-57-47-45(55)44(54)43(53)41(36-49)58-47)48-46(56)40(51)35-33-31-29-27-25-22-16-14-12-10-8-6-4-2/h15,17,20-21,26,28,38-45,47,49-55H,3-14,16,18-19,22-25,27,29-37H2,1-2H3,(H,48,56)/b17-15+,21-20+,28-26+. The van der Waals surface area contributed by atoms with Crippen LogP contribution in [0.3, 0.4) is 0 Å². The van der Waals surface area contributed by atoms with Gasteiger partial charge in [-0.05, 0) is 64.2 Å². The van der Waals surface area contributed by atoms with Gasteiger partial charge < -0.3 is 50.5 Å².